The van der Waals surface area contributed by atoms with Crippen LogP contribution in [0.25, 0.3) is 0 Å². The molecule has 2 heterocycles. The quantitative estimate of drug-likeness (QED) is 0.764. The predicted molar refractivity (Wildman–Crippen MR) is 103 cm³/mol. The number of anilines is 1. The summed E-state index contributed by atoms with van der Waals surface area (Å²) in [6, 6.07) is 1.19. The van der Waals surface area contributed by atoms with E-state index >= 15 is 0 Å². The van der Waals surface area contributed by atoms with Crippen LogP contribution in [0.15, 0.2) is 75.1 Å². The molecule has 1 aliphatic carbocycles. The van der Waals surface area contributed by atoms with E-state index in [4.69, 9.17) is 4.52 Å². The zero-order chi connectivity index (χ0) is 19.6. The number of rotatable bonds is 1. The molecule has 2 amide bonds. The summed E-state index contributed by atoms with van der Waals surface area (Å²) in [6.45, 7) is 7.89. The molecule has 2 N–H and O–H groups in total. The maximum Gasteiger partial charge on any atom is 0.347 e. The third-order valence-electron chi connectivity index (χ3n) is 4.05. The van der Waals surface area contributed by atoms with Gasteiger partial charge in [0.05, 0.1) is 5.71 Å². The fourth-order valence-electron chi connectivity index (χ4n) is 2.51. The average molecular weight is 366 g/mol. The second kappa shape index (κ2) is 7.20. The van der Waals surface area contributed by atoms with E-state index in [1.165, 1.54) is 0 Å². The van der Waals surface area contributed by atoms with E-state index in [0.29, 0.717) is 17.3 Å². The summed E-state index contributed by atoms with van der Waals surface area (Å²) in [4.78, 5) is 16.3. The topological polar surface area (TPSA) is 91.0 Å². The van der Waals surface area contributed by atoms with Gasteiger partial charge in [0.15, 0.2) is 5.82 Å². The molecule has 7 nitrogen and oxygen atoms in total. The van der Waals surface area contributed by atoms with E-state index in [2.05, 4.69) is 15.5 Å². The lowest BCUT2D eigenvalue weighted by atomic mass is 9.93. The fraction of sp³-hybridized carbons (Fsp3) is 0.250. The SMILES string of the molecule is CC1=CC(=C2C=CN(O)C=C2)C=CC1=NC(=O)Nc1cc(C(C)(C)C)on1. The molecule has 0 spiro atoms. The largest absolute Gasteiger partial charge is 0.359 e. The number of hydrogen-bond donors (Lipinski definition) is 2. The molecular formula is C20H22N4O3. The van der Waals surface area contributed by atoms with Crippen LogP contribution in [-0.4, -0.2) is 27.2 Å². The van der Waals surface area contributed by atoms with Crippen molar-refractivity contribution < 1.29 is 14.5 Å². The van der Waals surface area contributed by atoms with Crippen molar-refractivity contribution in [3.63, 3.8) is 0 Å². The number of amides is 2. The highest BCUT2D eigenvalue weighted by molar-refractivity contribution is 6.15. The smallest absolute Gasteiger partial charge is 0.347 e. The summed E-state index contributed by atoms with van der Waals surface area (Å²) < 4.78 is 5.25. The molecule has 1 aromatic heterocycles. The van der Waals surface area contributed by atoms with Crippen LogP contribution in [0.1, 0.15) is 33.5 Å². The Bertz CT molecular complexity index is 921. The summed E-state index contributed by atoms with van der Waals surface area (Å²) in [7, 11) is 0. The van der Waals surface area contributed by atoms with Gasteiger partial charge in [-0.05, 0) is 47.9 Å². The van der Waals surface area contributed by atoms with Crippen LogP contribution in [0.3, 0.4) is 0 Å². The third-order valence-corrected chi connectivity index (χ3v) is 4.05. The number of aromatic nitrogens is 1. The highest BCUT2D eigenvalue weighted by Crippen LogP contribution is 2.25. The first-order valence-corrected chi connectivity index (χ1v) is 8.54. The Hall–Kier alpha value is -3.19. The van der Waals surface area contributed by atoms with E-state index in [1.54, 1.807) is 36.7 Å². The second-order valence-corrected chi connectivity index (χ2v) is 7.34. The molecule has 1 aromatic rings. The average Bonchev–Trinajstić information content (AvgIpc) is 3.06. The van der Waals surface area contributed by atoms with Crippen LogP contribution < -0.4 is 5.32 Å². The van der Waals surface area contributed by atoms with Gasteiger partial charge in [-0.15, -0.1) is 0 Å². The summed E-state index contributed by atoms with van der Waals surface area (Å²) in [5.74, 6) is 1.02. The molecule has 27 heavy (non-hydrogen) atoms. The van der Waals surface area contributed by atoms with Crippen molar-refractivity contribution in [2.75, 3.05) is 5.32 Å². The van der Waals surface area contributed by atoms with Crippen molar-refractivity contribution in [2.45, 2.75) is 33.1 Å². The molecule has 0 unspecified atom stereocenters. The van der Waals surface area contributed by atoms with Crippen LogP contribution >= 0.6 is 0 Å². The lowest BCUT2D eigenvalue weighted by Crippen LogP contribution is -2.12. The zero-order valence-electron chi connectivity index (χ0n) is 15.7. The molecule has 0 saturated carbocycles. The molecule has 0 saturated heterocycles. The van der Waals surface area contributed by atoms with Crippen molar-refractivity contribution in [3.05, 3.63) is 71.3 Å². The van der Waals surface area contributed by atoms with E-state index in [9.17, 15) is 10.0 Å². The normalized spacial score (nSPS) is 18.3. The molecular weight excluding hydrogens is 344 g/mol. The Morgan fingerprint density at radius 3 is 2.48 bits per heavy atom. The summed E-state index contributed by atoms with van der Waals surface area (Å²) in [5, 5.41) is 16.8. The maximum atomic E-state index is 12.2. The molecule has 3 rings (SSSR count). The van der Waals surface area contributed by atoms with Gasteiger partial charge >= 0.3 is 6.03 Å². The van der Waals surface area contributed by atoms with Crippen LogP contribution in [0.2, 0.25) is 0 Å². The number of hydrogen-bond acceptors (Lipinski definition) is 5. The molecule has 140 valence electrons. The Morgan fingerprint density at radius 1 is 1.19 bits per heavy atom. The van der Waals surface area contributed by atoms with Gasteiger partial charge in [-0.1, -0.05) is 32.0 Å². The van der Waals surface area contributed by atoms with E-state index in [0.717, 1.165) is 21.8 Å². The molecule has 0 atom stereocenters. The van der Waals surface area contributed by atoms with Gasteiger partial charge in [-0.2, -0.15) is 4.99 Å². The van der Waals surface area contributed by atoms with Crippen LogP contribution in [0.4, 0.5) is 10.6 Å². The number of carbonyl (C=O) groups is 1. The van der Waals surface area contributed by atoms with Gasteiger partial charge in [0, 0.05) is 23.9 Å². The van der Waals surface area contributed by atoms with Crippen molar-refractivity contribution in [1.29, 1.82) is 0 Å². The maximum absolute atomic E-state index is 12.2. The third kappa shape index (κ3) is 4.51. The molecule has 0 aromatic carbocycles. The standard InChI is InChI=1S/C20H22N4O3/c1-13-11-15(14-7-9-24(26)10-8-14)5-6-16(13)21-19(25)22-18-12-17(27-23-18)20(2,3)4/h5-12,26H,1-4H3,(H,22,23,25). The van der Waals surface area contributed by atoms with Gasteiger partial charge in [0.1, 0.15) is 5.76 Å². The molecule has 2 aliphatic rings. The first kappa shape index (κ1) is 18.6. The number of carbonyl (C=O) groups excluding carboxylic acids is 1. The Balaban J connectivity index is 1.72. The van der Waals surface area contributed by atoms with E-state index < -0.39 is 6.03 Å². The van der Waals surface area contributed by atoms with Crippen LogP contribution in [0, 0.1) is 0 Å². The predicted octanol–water partition coefficient (Wildman–Crippen LogP) is 4.49. The Kier molecular flexibility index (Phi) is 4.96. The zero-order valence-corrected chi connectivity index (χ0v) is 15.7. The van der Waals surface area contributed by atoms with Gasteiger partial charge < -0.3 is 4.52 Å². The summed E-state index contributed by atoms with van der Waals surface area (Å²) in [5.41, 5.74) is 3.17. The second-order valence-electron chi connectivity index (χ2n) is 7.34. The fourth-order valence-corrected chi connectivity index (χ4v) is 2.51. The lowest BCUT2D eigenvalue weighted by Gasteiger charge is -2.14. The number of nitrogens with one attached hydrogen (secondary N) is 1. The van der Waals surface area contributed by atoms with Gasteiger partial charge in [-0.3, -0.25) is 10.5 Å². The first-order chi connectivity index (χ1) is 12.7. The van der Waals surface area contributed by atoms with Gasteiger partial charge in [0.2, 0.25) is 0 Å². The van der Waals surface area contributed by atoms with Crippen LogP contribution in [-0.2, 0) is 5.41 Å². The number of aliphatic imine (C=N–C) groups is 1. The monoisotopic (exact) mass is 366 g/mol. The van der Waals surface area contributed by atoms with Crippen molar-refractivity contribution in [1.82, 2.24) is 10.2 Å². The molecule has 0 bridgehead atoms. The van der Waals surface area contributed by atoms with E-state index in [-0.39, 0.29) is 5.41 Å². The lowest BCUT2D eigenvalue weighted by molar-refractivity contribution is 0.0105. The molecule has 1 aliphatic heterocycles. The van der Waals surface area contributed by atoms with Crippen molar-refractivity contribution in [3.8, 4) is 0 Å². The minimum absolute atomic E-state index is 0.188. The van der Waals surface area contributed by atoms with Crippen molar-refractivity contribution >= 4 is 17.6 Å². The summed E-state index contributed by atoms with van der Waals surface area (Å²) >= 11 is 0. The minimum atomic E-state index is -0.513. The number of nitrogens with zero attached hydrogens (tertiary/aromatic N) is 3. The molecule has 7 heteroatoms. The Labute approximate surface area is 157 Å². The highest BCUT2D eigenvalue weighted by Gasteiger charge is 2.20. The van der Waals surface area contributed by atoms with Crippen LogP contribution in [0.5, 0.6) is 0 Å². The highest BCUT2D eigenvalue weighted by atomic mass is 16.5. The Morgan fingerprint density at radius 2 is 1.89 bits per heavy atom. The minimum Gasteiger partial charge on any atom is -0.359 e. The first-order valence-electron chi connectivity index (χ1n) is 8.54. The summed E-state index contributed by atoms with van der Waals surface area (Å²) in [6.07, 6.45) is 12.3. The van der Waals surface area contributed by atoms with Crippen molar-refractivity contribution in [2.24, 2.45) is 4.99 Å². The molecule has 0 fully saturated rings. The number of urea groups is 1. The molecule has 0 radical (unpaired) electrons. The number of allylic oxidation sites excluding steroid dienone is 8. The van der Waals surface area contributed by atoms with E-state index in [1.807, 2.05) is 39.8 Å². The van der Waals surface area contributed by atoms with Gasteiger partial charge in [0.25, 0.3) is 0 Å². The number of hydroxylamine groups is 2. The van der Waals surface area contributed by atoms with Gasteiger partial charge in [-0.25, -0.2) is 9.86 Å².